The topological polar surface area (TPSA) is 55.1 Å². The largest absolute Gasteiger partial charge is 0.399 e. The number of hydrogen-bond donors (Lipinski definition) is 2. The molecule has 0 radical (unpaired) electrons. The summed E-state index contributed by atoms with van der Waals surface area (Å²) in [6.07, 6.45) is 5.12. The molecule has 1 fully saturated rings. The Morgan fingerprint density at radius 1 is 1.44 bits per heavy atom. The smallest absolute Gasteiger partial charge is 0.234 e. The molecule has 0 aliphatic heterocycles. The molecule has 1 aliphatic rings. The van der Waals surface area contributed by atoms with E-state index in [4.69, 9.17) is 5.73 Å². The van der Waals surface area contributed by atoms with Gasteiger partial charge in [-0.05, 0) is 47.0 Å². The highest BCUT2D eigenvalue weighted by atomic mass is 79.9. The zero-order valence-electron chi connectivity index (χ0n) is 10.1. The van der Waals surface area contributed by atoms with Gasteiger partial charge in [0.1, 0.15) is 0 Å². The molecule has 1 amide bonds. The van der Waals surface area contributed by atoms with Crippen molar-refractivity contribution >= 4 is 45.0 Å². The quantitative estimate of drug-likeness (QED) is 0.829. The Morgan fingerprint density at radius 2 is 2.17 bits per heavy atom. The fourth-order valence-corrected chi connectivity index (χ4v) is 3.69. The van der Waals surface area contributed by atoms with Crippen LogP contribution in [-0.4, -0.2) is 16.9 Å². The van der Waals surface area contributed by atoms with E-state index < -0.39 is 0 Å². The lowest BCUT2D eigenvalue weighted by atomic mass is 10.3. The highest BCUT2D eigenvalue weighted by Gasteiger charge is 2.16. The molecule has 0 unspecified atom stereocenters. The van der Waals surface area contributed by atoms with Crippen molar-refractivity contribution in [2.24, 2.45) is 0 Å². The molecule has 98 valence electrons. The van der Waals surface area contributed by atoms with Crippen LogP contribution in [-0.2, 0) is 4.79 Å². The van der Waals surface area contributed by atoms with Crippen LogP contribution in [0.5, 0.6) is 0 Å². The summed E-state index contributed by atoms with van der Waals surface area (Å²) in [4.78, 5) is 11.8. The van der Waals surface area contributed by atoms with Gasteiger partial charge in [0, 0.05) is 15.4 Å². The fraction of sp³-hybridized carbons (Fsp3) is 0.462. The van der Waals surface area contributed by atoms with Crippen LogP contribution in [0.4, 0.5) is 11.4 Å². The molecule has 2 rings (SSSR count). The van der Waals surface area contributed by atoms with Gasteiger partial charge in [0.15, 0.2) is 0 Å². The molecule has 0 spiro atoms. The minimum Gasteiger partial charge on any atom is -0.399 e. The van der Waals surface area contributed by atoms with E-state index in [1.54, 1.807) is 23.9 Å². The van der Waals surface area contributed by atoms with E-state index in [0.29, 0.717) is 16.7 Å². The van der Waals surface area contributed by atoms with E-state index in [1.165, 1.54) is 25.7 Å². The average Bonchev–Trinajstić information content (AvgIpc) is 2.83. The molecular weight excluding hydrogens is 312 g/mol. The van der Waals surface area contributed by atoms with Crippen LogP contribution in [0.15, 0.2) is 22.7 Å². The minimum absolute atomic E-state index is 0.0531. The van der Waals surface area contributed by atoms with Crippen LogP contribution in [0.1, 0.15) is 25.7 Å². The first-order valence-corrected chi connectivity index (χ1v) is 7.96. The van der Waals surface area contributed by atoms with Crippen molar-refractivity contribution in [2.75, 3.05) is 16.8 Å². The molecule has 3 nitrogen and oxygen atoms in total. The number of amides is 1. The van der Waals surface area contributed by atoms with Gasteiger partial charge >= 0.3 is 0 Å². The lowest BCUT2D eigenvalue weighted by molar-refractivity contribution is -0.113. The molecule has 18 heavy (non-hydrogen) atoms. The van der Waals surface area contributed by atoms with E-state index in [0.717, 1.165) is 10.2 Å². The monoisotopic (exact) mass is 328 g/mol. The molecular formula is C13H17BrN2OS. The van der Waals surface area contributed by atoms with E-state index in [1.807, 2.05) is 6.07 Å². The summed E-state index contributed by atoms with van der Waals surface area (Å²) in [5.74, 6) is 0.582. The Kier molecular flexibility index (Phi) is 4.95. The third-order valence-corrected chi connectivity index (χ3v) is 5.05. The lowest BCUT2D eigenvalue weighted by Gasteiger charge is -2.10. The molecule has 0 aromatic heterocycles. The Balaban J connectivity index is 1.82. The number of anilines is 2. The van der Waals surface area contributed by atoms with E-state index in [-0.39, 0.29) is 5.91 Å². The molecule has 0 saturated heterocycles. The normalized spacial score (nSPS) is 15.8. The van der Waals surface area contributed by atoms with Gasteiger partial charge in [-0.25, -0.2) is 0 Å². The zero-order valence-corrected chi connectivity index (χ0v) is 12.5. The number of nitrogens with two attached hydrogens (primary N) is 1. The first-order valence-electron chi connectivity index (χ1n) is 6.11. The van der Waals surface area contributed by atoms with Crippen molar-refractivity contribution in [1.82, 2.24) is 0 Å². The minimum atomic E-state index is 0.0531. The number of nitrogen functional groups attached to an aromatic ring is 1. The first-order chi connectivity index (χ1) is 8.65. The average molecular weight is 329 g/mol. The van der Waals surface area contributed by atoms with Crippen molar-refractivity contribution in [1.29, 1.82) is 0 Å². The van der Waals surface area contributed by atoms with E-state index in [2.05, 4.69) is 21.2 Å². The van der Waals surface area contributed by atoms with E-state index in [9.17, 15) is 4.79 Å². The van der Waals surface area contributed by atoms with Crippen LogP contribution in [0.25, 0.3) is 0 Å². The molecule has 1 aromatic rings. The summed E-state index contributed by atoms with van der Waals surface area (Å²) in [6, 6.07) is 5.39. The van der Waals surface area contributed by atoms with Crippen molar-refractivity contribution < 1.29 is 4.79 Å². The Hall–Kier alpha value is -0.680. The van der Waals surface area contributed by atoms with Crippen LogP contribution in [0, 0.1) is 0 Å². The summed E-state index contributed by atoms with van der Waals surface area (Å²) >= 11 is 5.16. The molecule has 0 heterocycles. The third-order valence-electron chi connectivity index (χ3n) is 3.02. The summed E-state index contributed by atoms with van der Waals surface area (Å²) in [5.41, 5.74) is 7.11. The van der Waals surface area contributed by atoms with Crippen LogP contribution in [0.2, 0.25) is 0 Å². The van der Waals surface area contributed by atoms with Gasteiger partial charge in [0.25, 0.3) is 0 Å². The second kappa shape index (κ2) is 6.48. The summed E-state index contributed by atoms with van der Waals surface area (Å²) < 4.78 is 0.821. The van der Waals surface area contributed by atoms with Gasteiger partial charge < -0.3 is 11.1 Å². The molecule has 0 atom stereocenters. The second-order valence-electron chi connectivity index (χ2n) is 4.50. The van der Waals surface area contributed by atoms with Crippen LogP contribution < -0.4 is 11.1 Å². The van der Waals surface area contributed by atoms with Crippen molar-refractivity contribution in [3.63, 3.8) is 0 Å². The number of nitrogens with one attached hydrogen (secondary N) is 1. The SMILES string of the molecule is Nc1ccc(NC(=O)CSC2CCCC2)c(Br)c1. The van der Waals surface area contributed by atoms with Gasteiger partial charge in [0.2, 0.25) is 5.91 Å². The highest BCUT2D eigenvalue weighted by molar-refractivity contribution is 9.10. The van der Waals surface area contributed by atoms with E-state index >= 15 is 0 Å². The lowest BCUT2D eigenvalue weighted by Crippen LogP contribution is -2.16. The van der Waals surface area contributed by atoms with Gasteiger partial charge in [-0.2, -0.15) is 0 Å². The number of carbonyl (C=O) groups is 1. The molecule has 0 bridgehead atoms. The summed E-state index contributed by atoms with van der Waals surface area (Å²) in [5, 5.41) is 3.57. The zero-order chi connectivity index (χ0) is 13.0. The number of hydrogen-bond acceptors (Lipinski definition) is 3. The maximum absolute atomic E-state index is 11.8. The van der Waals surface area contributed by atoms with Crippen molar-refractivity contribution in [3.05, 3.63) is 22.7 Å². The van der Waals surface area contributed by atoms with Crippen molar-refractivity contribution in [2.45, 2.75) is 30.9 Å². The predicted molar refractivity (Wildman–Crippen MR) is 81.9 cm³/mol. The number of rotatable bonds is 4. The Morgan fingerprint density at radius 3 is 2.83 bits per heavy atom. The van der Waals surface area contributed by atoms with Gasteiger partial charge in [-0.15, -0.1) is 11.8 Å². The Labute approximate surface area is 120 Å². The maximum Gasteiger partial charge on any atom is 0.234 e. The summed E-state index contributed by atoms with van der Waals surface area (Å²) in [6.45, 7) is 0. The number of carbonyl (C=O) groups excluding carboxylic acids is 1. The molecule has 1 aromatic carbocycles. The van der Waals surface area contributed by atoms with Gasteiger partial charge in [-0.3, -0.25) is 4.79 Å². The molecule has 1 aliphatic carbocycles. The predicted octanol–water partition coefficient (Wildman–Crippen LogP) is 3.65. The highest BCUT2D eigenvalue weighted by Crippen LogP contribution is 2.30. The molecule has 3 N–H and O–H groups in total. The summed E-state index contributed by atoms with van der Waals surface area (Å²) in [7, 11) is 0. The third kappa shape index (κ3) is 3.92. The maximum atomic E-state index is 11.8. The van der Waals surface area contributed by atoms with Crippen molar-refractivity contribution in [3.8, 4) is 0 Å². The number of halogens is 1. The Bertz CT molecular complexity index is 433. The number of thioether (sulfide) groups is 1. The standard InChI is InChI=1S/C13H17BrN2OS/c14-11-7-9(15)5-6-12(11)16-13(17)8-18-10-3-1-2-4-10/h5-7,10H,1-4,8,15H2,(H,16,17). The van der Waals surface area contributed by atoms with Gasteiger partial charge in [0.05, 0.1) is 11.4 Å². The van der Waals surface area contributed by atoms with Crippen LogP contribution in [0.3, 0.4) is 0 Å². The molecule has 1 saturated carbocycles. The molecule has 5 heteroatoms. The fourth-order valence-electron chi connectivity index (χ4n) is 2.07. The van der Waals surface area contributed by atoms with Gasteiger partial charge in [-0.1, -0.05) is 12.8 Å². The number of benzene rings is 1. The second-order valence-corrected chi connectivity index (χ2v) is 6.65. The first kappa shape index (κ1) is 13.7. The van der Waals surface area contributed by atoms with Crippen LogP contribution >= 0.6 is 27.7 Å².